The van der Waals surface area contributed by atoms with E-state index in [1.54, 1.807) is 9.80 Å². The SMILES string of the molecule is C=CC(=O)N1CC(N(C)C(=O)Cn2cc(C)c3cc(I)ccc32)C1. The standard InChI is InChI=1S/C18H20IN3O2/c1-4-17(23)22-9-14(10-22)20(3)18(24)11-21-8-12(2)15-7-13(19)5-6-16(15)21/h4-8,14H,1,9-11H2,2-3H3. The lowest BCUT2D eigenvalue weighted by atomic mass is 10.1. The van der Waals surface area contributed by atoms with Crippen LogP contribution < -0.4 is 0 Å². The van der Waals surface area contributed by atoms with Crippen molar-refractivity contribution in [1.82, 2.24) is 14.4 Å². The van der Waals surface area contributed by atoms with Crippen molar-refractivity contribution in [2.24, 2.45) is 0 Å². The van der Waals surface area contributed by atoms with Gasteiger partial charge in [-0.25, -0.2) is 0 Å². The van der Waals surface area contributed by atoms with Crippen molar-refractivity contribution in [3.05, 3.63) is 46.2 Å². The number of halogens is 1. The first-order chi connectivity index (χ1) is 11.4. The number of nitrogens with zero attached hydrogens (tertiary/aromatic N) is 3. The molecule has 0 unspecified atom stereocenters. The molecule has 24 heavy (non-hydrogen) atoms. The van der Waals surface area contributed by atoms with E-state index in [1.807, 2.05) is 17.8 Å². The number of aryl methyl sites for hydroxylation is 1. The molecular weight excluding hydrogens is 417 g/mol. The molecule has 0 radical (unpaired) electrons. The van der Waals surface area contributed by atoms with Crippen LogP contribution in [0, 0.1) is 10.5 Å². The summed E-state index contributed by atoms with van der Waals surface area (Å²) in [5, 5.41) is 1.18. The fraction of sp³-hybridized carbons (Fsp3) is 0.333. The van der Waals surface area contributed by atoms with Crippen LogP contribution in [-0.2, 0) is 16.1 Å². The highest BCUT2D eigenvalue weighted by Gasteiger charge is 2.34. The molecule has 1 aliphatic rings. The highest BCUT2D eigenvalue weighted by atomic mass is 127. The molecule has 2 aromatic rings. The Balaban J connectivity index is 1.69. The number of likely N-dealkylation sites (N-methyl/N-ethyl adjacent to an activating group) is 1. The van der Waals surface area contributed by atoms with Gasteiger partial charge >= 0.3 is 0 Å². The van der Waals surface area contributed by atoms with Crippen LogP contribution in [0.4, 0.5) is 0 Å². The van der Waals surface area contributed by atoms with Crippen LogP contribution in [0.25, 0.3) is 10.9 Å². The number of carbonyl (C=O) groups is 2. The monoisotopic (exact) mass is 437 g/mol. The van der Waals surface area contributed by atoms with Gasteiger partial charge in [0.25, 0.3) is 0 Å². The molecule has 0 N–H and O–H groups in total. The van der Waals surface area contributed by atoms with Gasteiger partial charge in [-0.05, 0) is 59.4 Å². The molecule has 1 aromatic heterocycles. The lowest BCUT2D eigenvalue weighted by Gasteiger charge is -2.43. The minimum absolute atomic E-state index is 0.0566. The van der Waals surface area contributed by atoms with Crippen LogP contribution in [0.5, 0.6) is 0 Å². The zero-order valence-corrected chi connectivity index (χ0v) is 16.0. The molecule has 5 nitrogen and oxygen atoms in total. The Morgan fingerprint density at radius 2 is 2.12 bits per heavy atom. The molecule has 0 spiro atoms. The molecule has 0 saturated carbocycles. The number of hydrogen-bond acceptors (Lipinski definition) is 2. The van der Waals surface area contributed by atoms with E-state index >= 15 is 0 Å². The fourth-order valence-corrected chi connectivity index (χ4v) is 3.54. The van der Waals surface area contributed by atoms with Gasteiger partial charge in [-0.15, -0.1) is 0 Å². The van der Waals surface area contributed by atoms with Crippen molar-refractivity contribution in [3.63, 3.8) is 0 Å². The van der Waals surface area contributed by atoms with Crippen molar-refractivity contribution in [3.8, 4) is 0 Å². The predicted octanol–water partition coefficient (Wildman–Crippen LogP) is 2.41. The Bertz CT molecular complexity index is 821. The van der Waals surface area contributed by atoms with Crippen LogP contribution >= 0.6 is 22.6 Å². The maximum absolute atomic E-state index is 12.6. The van der Waals surface area contributed by atoms with E-state index in [-0.39, 0.29) is 17.9 Å². The second-order valence-electron chi connectivity index (χ2n) is 6.21. The third-order valence-corrected chi connectivity index (χ3v) is 5.31. The largest absolute Gasteiger partial charge is 0.338 e. The maximum atomic E-state index is 12.6. The summed E-state index contributed by atoms with van der Waals surface area (Å²) in [7, 11) is 1.81. The highest BCUT2D eigenvalue weighted by molar-refractivity contribution is 14.1. The first kappa shape index (κ1) is 17.0. The van der Waals surface area contributed by atoms with Gasteiger partial charge in [-0.1, -0.05) is 6.58 Å². The van der Waals surface area contributed by atoms with E-state index in [4.69, 9.17) is 0 Å². The minimum Gasteiger partial charge on any atom is -0.338 e. The summed E-state index contributed by atoms with van der Waals surface area (Å²) < 4.78 is 3.19. The zero-order valence-electron chi connectivity index (χ0n) is 13.8. The lowest BCUT2D eigenvalue weighted by Crippen LogP contribution is -2.61. The smallest absolute Gasteiger partial charge is 0.246 e. The average molecular weight is 437 g/mol. The zero-order chi connectivity index (χ0) is 17.4. The number of carbonyl (C=O) groups excluding carboxylic acids is 2. The Kier molecular flexibility index (Phi) is 4.67. The number of benzene rings is 1. The van der Waals surface area contributed by atoms with Crippen molar-refractivity contribution in [2.75, 3.05) is 20.1 Å². The van der Waals surface area contributed by atoms with Crippen LogP contribution in [0.3, 0.4) is 0 Å². The van der Waals surface area contributed by atoms with Gasteiger partial charge in [-0.3, -0.25) is 9.59 Å². The van der Waals surface area contributed by atoms with Crippen molar-refractivity contribution in [2.45, 2.75) is 19.5 Å². The molecule has 1 aliphatic heterocycles. The summed E-state index contributed by atoms with van der Waals surface area (Å²) in [5.41, 5.74) is 2.25. The number of fused-ring (bicyclic) bond motifs is 1. The van der Waals surface area contributed by atoms with Crippen molar-refractivity contribution >= 4 is 45.3 Å². The second kappa shape index (κ2) is 6.58. The molecule has 6 heteroatoms. The Morgan fingerprint density at radius 3 is 2.79 bits per heavy atom. The van der Waals surface area contributed by atoms with E-state index in [0.717, 1.165) is 5.52 Å². The van der Waals surface area contributed by atoms with Gasteiger partial charge in [0.15, 0.2) is 0 Å². The van der Waals surface area contributed by atoms with Gasteiger partial charge in [0.05, 0.1) is 6.04 Å². The third-order valence-electron chi connectivity index (χ3n) is 4.64. The van der Waals surface area contributed by atoms with Crippen LogP contribution in [0.15, 0.2) is 37.1 Å². The summed E-state index contributed by atoms with van der Waals surface area (Å²) in [5.74, 6) is -0.0186. The van der Waals surface area contributed by atoms with E-state index in [2.05, 4.69) is 54.3 Å². The first-order valence-corrected chi connectivity index (χ1v) is 8.90. The third kappa shape index (κ3) is 3.07. The summed E-state index contributed by atoms with van der Waals surface area (Å²) in [6.07, 6.45) is 3.34. The Morgan fingerprint density at radius 1 is 1.42 bits per heavy atom. The van der Waals surface area contributed by atoms with Crippen LogP contribution in [-0.4, -0.2) is 52.4 Å². The Labute approximate surface area is 155 Å². The molecule has 0 atom stereocenters. The molecule has 1 saturated heterocycles. The van der Waals surface area contributed by atoms with Crippen LogP contribution in [0.1, 0.15) is 5.56 Å². The highest BCUT2D eigenvalue weighted by Crippen LogP contribution is 2.23. The van der Waals surface area contributed by atoms with E-state index in [0.29, 0.717) is 19.6 Å². The average Bonchev–Trinajstić information content (AvgIpc) is 2.81. The number of hydrogen-bond donors (Lipinski definition) is 0. The van der Waals surface area contributed by atoms with E-state index in [1.165, 1.54) is 20.6 Å². The summed E-state index contributed by atoms with van der Waals surface area (Å²) in [4.78, 5) is 27.5. The molecule has 1 fully saturated rings. The van der Waals surface area contributed by atoms with Gasteiger partial charge < -0.3 is 14.4 Å². The van der Waals surface area contributed by atoms with Crippen LogP contribution in [0.2, 0.25) is 0 Å². The maximum Gasteiger partial charge on any atom is 0.246 e. The Hall–Kier alpha value is -1.83. The molecule has 3 rings (SSSR count). The first-order valence-electron chi connectivity index (χ1n) is 7.82. The molecule has 2 amide bonds. The minimum atomic E-state index is -0.0752. The second-order valence-corrected chi connectivity index (χ2v) is 7.45. The van der Waals surface area contributed by atoms with Gasteiger partial charge in [-0.2, -0.15) is 0 Å². The molecule has 2 heterocycles. The number of aromatic nitrogens is 1. The normalized spacial score (nSPS) is 14.5. The number of amides is 2. The topological polar surface area (TPSA) is 45.6 Å². The predicted molar refractivity (Wildman–Crippen MR) is 103 cm³/mol. The summed E-state index contributed by atoms with van der Waals surface area (Å²) in [6.45, 7) is 7.02. The van der Waals surface area contributed by atoms with E-state index < -0.39 is 0 Å². The van der Waals surface area contributed by atoms with Gasteiger partial charge in [0.1, 0.15) is 6.54 Å². The summed E-state index contributed by atoms with van der Waals surface area (Å²) >= 11 is 2.30. The van der Waals surface area contributed by atoms with Gasteiger partial charge in [0.2, 0.25) is 11.8 Å². The van der Waals surface area contributed by atoms with Crippen molar-refractivity contribution < 1.29 is 9.59 Å². The summed E-state index contributed by atoms with van der Waals surface area (Å²) in [6, 6.07) is 6.34. The molecule has 0 aliphatic carbocycles. The fourth-order valence-electron chi connectivity index (χ4n) is 3.05. The van der Waals surface area contributed by atoms with Crippen molar-refractivity contribution in [1.29, 1.82) is 0 Å². The number of likely N-dealkylation sites (tertiary alicyclic amines) is 1. The van der Waals surface area contributed by atoms with Gasteiger partial charge in [0, 0.05) is 40.8 Å². The van der Waals surface area contributed by atoms with E-state index in [9.17, 15) is 9.59 Å². The number of rotatable bonds is 4. The molecule has 0 bridgehead atoms. The molecule has 1 aromatic carbocycles. The molecular formula is C18H20IN3O2. The molecule has 126 valence electrons. The quantitative estimate of drug-likeness (QED) is 0.545. The lowest BCUT2D eigenvalue weighted by molar-refractivity contribution is -0.142.